The molecule has 1 heteroatoms. The van der Waals surface area contributed by atoms with Gasteiger partial charge in [0.1, 0.15) is 0 Å². The molecule has 0 spiro atoms. The van der Waals surface area contributed by atoms with Crippen LogP contribution in [0.5, 0.6) is 0 Å². The van der Waals surface area contributed by atoms with Gasteiger partial charge < -0.3 is 0 Å². The Morgan fingerprint density at radius 3 is 2.25 bits per heavy atom. The van der Waals surface area contributed by atoms with Gasteiger partial charge in [-0.15, -0.1) is 19.7 Å². The van der Waals surface area contributed by atoms with E-state index in [-0.39, 0.29) is 11.2 Å². The third-order valence-electron chi connectivity index (χ3n) is 3.83. The number of ketones is 1. The van der Waals surface area contributed by atoms with E-state index in [0.29, 0.717) is 6.42 Å². The molecule has 0 atom stereocenters. The van der Waals surface area contributed by atoms with Gasteiger partial charge in [0, 0.05) is 16.6 Å². The minimum Gasteiger partial charge on any atom is -0.289 e. The fourth-order valence-electron chi connectivity index (χ4n) is 3.01. The van der Waals surface area contributed by atoms with Crippen molar-refractivity contribution in [1.29, 1.82) is 0 Å². The van der Waals surface area contributed by atoms with Gasteiger partial charge in [0.2, 0.25) is 0 Å². The predicted octanol–water partition coefficient (Wildman–Crippen LogP) is 4.78. The molecule has 0 N–H and O–H groups in total. The molecule has 20 heavy (non-hydrogen) atoms. The van der Waals surface area contributed by atoms with Gasteiger partial charge in [-0.25, -0.2) is 0 Å². The highest BCUT2D eigenvalue weighted by molar-refractivity contribution is 6.11. The minimum absolute atomic E-state index is 0.115. The van der Waals surface area contributed by atoms with Crippen LogP contribution in [0.3, 0.4) is 0 Å². The first-order valence-electron chi connectivity index (χ1n) is 6.87. The molecule has 2 rings (SSSR count). The molecule has 0 heterocycles. The molecule has 1 aromatic rings. The maximum atomic E-state index is 12.5. The van der Waals surface area contributed by atoms with Crippen LogP contribution in [-0.4, -0.2) is 5.78 Å². The van der Waals surface area contributed by atoms with E-state index in [1.54, 1.807) is 6.08 Å². The molecular weight excluding hydrogens is 244 g/mol. The average Bonchev–Trinajstić information content (AvgIpc) is 2.45. The lowest BCUT2D eigenvalue weighted by Gasteiger charge is -2.35. The molecule has 102 valence electrons. The molecule has 1 aromatic carbocycles. The topological polar surface area (TPSA) is 17.1 Å². The van der Waals surface area contributed by atoms with Crippen molar-refractivity contribution in [2.45, 2.75) is 24.7 Å². The summed E-state index contributed by atoms with van der Waals surface area (Å²) >= 11 is 0. The fraction of sp³-hybridized carbons (Fsp3) is 0.211. The molecule has 0 bridgehead atoms. The normalized spacial score (nSPS) is 16.0. The van der Waals surface area contributed by atoms with Crippen LogP contribution in [0.4, 0.5) is 0 Å². The number of fused-ring (bicyclic) bond motifs is 1. The van der Waals surface area contributed by atoms with Crippen molar-refractivity contribution in [3.63, 3.8) is 0 Å². The molecule has 0 radical (unpaired) electrons. The maximum absolute atomic E-state index is 12.5. The van der Waals surface area contributed by atoms with Crippen LogP contribution >= 0.6 is 0 Å². The van der Waals surface area contributed by atoms with Crippen LogP contribution in [-0.2, 0) is 5.41 Å². The Morgan fingerprint density at radius 2 is 1.65 bits per heavy atom. The van der Waals surface area contributed by atoms with Crippen LogP contribution in [0, 0.1) is 0 Å². The summed E-state index contributed by atoms with van der Waals surface area (Å²) in [6.07, 6.45) is 9.90. The second-order valence-corrected chi connectivity index (χ2v) is 5.18. The summed E-state index contributed by atoms with van der Waals surface area (Å²) in [6, 6.07) is 7.86. The van der Waals surface area contributed by atoms with E-state index in [0.717, 1.165) is 29.5 Å². The van der Waals surface area contributed by atoms with Crippen LogP contribution < -0.4 is 0 Å². The van der Waals surface area contributed by atoms with E-state index in [4.69, 9.17) is 0 Å². The Bertz CT molecular complexity index is 580. The Balaban J connectivity index is 2.67. The largest absolute Gasteiger partial charge is 0.289 e. The van der Waals surface area contributed by atoms with E-state index in [1.165, 1.54) is 0 Å². The summed E-state index contributed by atoms with van der Waals surface area (Å²) in [4.78, 5) is 12.5. The first-order chi connectivity index (χ1) is 9.68. The predicted molar refractivity (Wildman–Crippen MR) is 85.0 cm³/mol. The first kappa shape index (κ1) is 14.3. The molecule has 0 amide bonds. The zero-order valence-electron chi connectivity index (χ0n) is 11.8. The lowest BCUT2D eigenvalue weighted by molar-refractivity contribution is 0.102. The van der Waals surface area contributed by atoms with Crippen molar-refractivity contribution < 1.29 is 4.79 Å². The number of benzene rings is 1. The van der Waals surface area contributed by atoms with Gasteiger partial charge in [-0.3, -0.25) is 4.79 Å². The third-order valence-corrected chi connectivity index (χ3v) is 3.83. The quantitative estimate of drug-likeness (QED) is 0.676. The van der Waals surface area contributed by atoms with Gasteiger partial charge in [0.15, 0.2) is 5.78 Å². The van der Waals surface area contributed by atoms with E-state index in [9.17, 15) is 4.79 Å². The molecule has 1 aliphatic rings. The monoisotopic (exact) mass is 264 g/mol. The van der Waals surface area contributed by atoms with E-state index in [1.807, 2.05) is 36.4 Å². The number of Topliss-reactive ketones (excluding diaryl/α,β-unsaturated/α-hetero) is 1. The summed E-state index contributed by atoms with van der Waals surface area (Å²) in [5.74, 6) is 0.115. The molecular formula is C19H20O. The lowest BCUT2D eigenvalue weighted by atomic mass is 9.67. The van der Waals surface area contributed by atoms with Crippen molar-refractivity contribution in [2.24, 2.45) is 0 Å². The van der Waals surface area contributed by atoms with E-state index < -0.39 is 0 Å². The zero-order valence-corrected chi connectivity index (χ0v) is 11.8. The van der Waals surface area contributed by atoms with Crippen LogP contribution in [0.1, 0.15) is 35.2 Å². The van der Waals surface area contributed by atoms with Gasteiger partial charge in [0.25, 0.3) is 0 Å². The second kappa shape index (κ2) is 5.87. The van der Waals surface area contributed by atoms with Crippen molar-refractivity contribution in [3.05, 3.63) is 85.0 Å². The Morgan fingerprint density at radius 1 is 1.00 bits per heavy atom. The number of hydrogen-bond acceptors (Lipinski definition) is 1. The van der Waals surface area contributed by atoms with Gasteiger partial charge in [0.05, 0.1) is 0 Å². The number of carbonyl (C=O) groups excluding carboxylic acids is 1. The molecule has 1 aliphatic carbocycles. The zero-order chi connectivity index (χ0) is 14.6. The molecule has 0 aromatic heterocycles. The number of hydrogen-bond donors (Lipinski definition) is 0. The molecule has 0 saturated heterocycles. The van der Waals surface area contributed by atoms with Crippen molar-refractivity contribution in [3.8, 4) is 0 Å². The van der Waals surface area contributed by atoms with Crippen molar-refractivity contribution in [2.75, 3.05) is 0 Å². The Labute approximate surface area is 121 Å². The molecule has 0 saturated carbocycles. The van der Waals surface area contributed by atoms with Gasteiger partial charge in [-0.2, -0.15) is 0 Å². The highest BCUT2D eigenvalue weighted by Gasteiger charge is 2.36. The average molecular weight is 264 g/mol. The Kier molecular flexibility index (Phi) is 4.19. The minimum atomic E-state index is -0.202. The highest BCUT2D eigenvalue weighted by Crippen LogP contribution is 2.42. The van der Waals surface area contributed by atoms with Gasteiger partial charge >= 0.3 is 0 Å². The van der Waals surface area contributed by atoms with E-state index >= 15 is 0 Å². The second-order valence-electron chi connectivity index (χ2n) is 5.18. The van der Waals surface area contributed by atoms with Crippen LogP contribution in [0.15, 0.2) is 73.9 Å². The number of allylic oxidation sites excluding steroid dienone is 5. The molecule has 1 nitrogen and oxygen atoms in total. The molecule has 0 fully saturated rings. The molecule has 0 aliphatic heterocycles. The van der Waals surface area contributed by atoms with Crippen LogP contribution in [0.25, 0.3) is 0 Å². The summed E-state index contributed by atoms with van der Waals surface area (Å²) < 4.78 is 0. The standard InChI is InChI=1S/C19H20O/c1-4-9-15-14-19(12-5-2,13-6-3)17-11-8-7-10-16(17)18(15)20/h4-8,10-11,14H,1-3,9,12-13H2. The smallest absolute Gasteiger partial charge is 0.189 e. The SMILES string of the molecule is C=CCC1=CC(CC=C)(CC=C)c2ccccc2C1=O. The lowest BCUT2D eigenvalue weighted by Crippen LogP contribution is -2.30. The summed E-state index contributed by atoms with van der Waals surface area (Å²) in [7, 11) is 0. The maximum Gasteiger partial charge on any atom is 0.189 e. The molecule has 0 unspecified atom stereocenters. The van der Waals surface area contributed by atoms with E-state index in [2.05, 4.69) is 25.8 Å². The number of carbonyl (C=O) groups is 1. The number of rotatable bonds is 6. The summed E-state index contributed by atoms with van der Waals surface area (Å²) in [6.45, 7) is 11.5. The third kappa shape index (κ3) is 2.32. The summed E-state index contributed by atoms with van der Waals surface area (Å²) in [5, 5.41) is 0. The fourth-order valence-corrected chi connectivity index (χ4v) is 3.01. The first-order valence-corrected chi connectivity index (χ1v) is 6.87. The Hall–Kier alpha value is -2.15. The highest BCUT2D eigenvalue weighted by atomic mass is 16.1. The van der Waals surface area contributed by atoms with Gasteiger partial charge in [-0.05, 0) is 24.8 Å². The van der Waals surface area contributed by atoms with Crippen LogP contribution in [0.2, 0.25) is 0 Å². The van der Waals surface area contributed by atoms with Crippen molar-refractivity contribution in [1.82, 2.24) is 0 Å². The van der Waals surface area contributed by atoms with Crippen molar-refractivity contribution >= 4 is 5.78 Å². The summed E-state index contributed by atoms with van der Waals surface area (Å²) in [5.41, 5.74) is 2.50. The van der Waals surface area contributed by atoms with Gasteiger partial charge in [-0.1, -0.05) is 48.6 Å².